The lowest BCUT2D eigenvalue weighted by Crippen LogP contribution is -1.78. The molecular weight excluding hydrogens is 240 g/mol. The van der Waals surface area contributed by atoms with Crippen LogP contribution in [-0.4, -0.2) is 0 Å². The van der Waals surface area contributed by atoms with E-state index in [0.29, 0.717) is 0 Å². The third-order valence-electron chi connectivity index (χ3n) is 3.76. The van der Waals surface area contributed by atoms with Crippen LogP contribution in [-0.2, 0) is 0 Å². The van der Waals surface area contributed by atoms with Gasteiger partial charge in [-0.15, -0.1) is 0 Å². The zero-order chi connectivity index (χ0) is 13.8. The van der Waals surface area contributed by atoms with Crippen molar-refractivity contribution in [3.8, 4) is 0 Å². The molecule has 0 amide bonds. The molecule has 0 aliphatic rings. The van der Waals surface area contributed by atoms with Crippen molar-refractivity contribution in [1.82, 2.24) is 0 Å². The summed E-state index contributed by atoms with van der Waals surface area (Å²) in [5.41, 5.74) is 1.30. The van der Waals surface area contributed by atoms with Gasteiger partial charge >= 0.3 is 0 Å². The molecular formula is C20H20. The van der Waals surface area contributed by atoms with Crippen molar-refractivity contribution >= 4 is 27.6 Å². The van der Waals surface area contributed by atoms with Crippen LogP contribution in [0.4, 0.5) is 0 Å². The van der Waals surface area contributed by atoms with Crippen LogP contribution >= 0.6 is 0 Å². The highest BCUT2D eigenvalue weighted by molar-refractivity contribution is 5.98. The molecule has 0 aliphatic carbocycles. The van der Waals surface area contributed by atoms with E-state index in [9.17, 15) is 0 Å². The first kappa shape index (κ1) is 12.9. The second kappa shape index (κ2) is 5.92. The summed E-state index contributed by atoms with van der Waals surface area (Å²) in [6, 6.07) is 19.8. The van der Waals surface area contributed by atoms with Crippen molar-refractivity contribution in [2.45, 2.75) is 26.2 Å². The molecule has 0 heterocycles. The monoisotopic (exact) mass is 260 g/mol. The van der Waals surface area contributed by atoms with Crippen molar-refractivity contribution in [2.75, 3.05) is 0 Å². The van der Waals surface area contributed by atoms with E-state index in [1.807, 2.05) is 0 Å². The topological polar surface area (TPSA) is 0 Å². The van der Waals surface area contributed by atoms with Crippen molar-refractivity contribution < 1.29 is 0 Å². The van der Waals surface area contributed by atoms with E-state index in [1.165, 1.54) is 46.4 Å². The van der Waals surface area contributed by atoms with E-state index < -0.39 is 0 Å². The lowest BCUT2D eigenvalue weighted by Gasteiger charge is -2.03. The number of hydrogen-bond donors (Lipinski definition) is 0. The molecule has 0 unspecified atom stereocenters. The van der Waals surface area contributed by atoms with E-state index in [-0.39, 0.29) is 0 Å². The molecule has 0 bridgehead atoms. The van der Waals surface area contributed by atoms with Gasteiger partial charge in [0.2, 0.25) is 0 Å². The summed E-state index contributed by atoms with van der Waals surface area (Å²) >= 11 is 0. The number of unbranched alkanes of at least 4 members (excludes halogenated alkanes) is 2. The Morgan fingerprint density at radius 1 is 0.800 bits per heavy atom. The second-order valence-corrected chi connectivity index (χ2v) is 5.35. The van der Waals surface area contributed by atoms with Gasteiger partial charge in [0, 0.05) is 0 Å². The van der Waals surface area contributed by atoms with Crippen molar-refractivity contribution in [3.05, 3.63) is 66.2 Å². The Morgan fingerprint density at radius 2 is 1.50 bits per heavy atom. The molecule has 0 nitrogen and oxygen atoms in total. The number of rotatable bonds is 4. The minimum Gasteiger partial charge on any atom is -0.0839 e. The minimum atomic E-state index is 1.17. The van der Waals surface area contributed by atoms with Gasteiger partial charge in [0.15, 0.2) is 0 Å². The highest BCUT2D eigenvalue weighted by Crippen LogP contribution is 2.24. The third-order valence-corrected chi connectivity index (χ3v) is 3.76. The maximum absolute atomic E-state index is 2.29. The van der Waals surface area contributed by atoms with Gasteiger partial charge in [-0.3, -0.25) is 0 Å². The molecule has 0 aromatic heterocycles. The molecule has 0 spiro atoms. The van der Waals surface area contributed by atoms with Crippen LogP contribution in [0.1, 0.15) is 31.7 Å². The molecule has 0 atom stereocenters. The number of allylic oxidation sites excluding steroid dienone is 1. The van der Waals surface area contributed by atoms with Crippen LogP contribution < -0.4 is 0 Å². The Hall–Kier alpha value is -2.08. The van der Waals surface area contributed by atoms with Gasteiger partial charge in [-0.2, -0.15) is 0 Å². The SMILES string of the molecule is CCCCC=Cc1ccc2cc3ccccc3cc2c1. The predicted molar refractivity (Wildman–Crippen MR) is 90.0 cm³/mol. The average molecular weight is 260 g/mol. The predicted octanol–water partition coefficient (Wildman–Crippen LogP) is 6.20. The fraction of sp³-hybridized carbons (Fsp3) is 0.200. The van der Waals surface area contributed by atoms with Crippen LogP contribution in [0.2, 0.25) is 0 Å². The average Bonchev–Trinajstić information content (AvgIpc) is 2.49. The van der Waals surface area contributed by atoms with E-state index in [2.05, 4.69) is 73.7 Å². The largest absolute Gasteiger partial charge is 0.0839 e. The van der Waals surface area contributed by atoms with Crippen LogP contribution in [0, 0.1) is 0 Å². The quantitative estimate of drug-likeness (QED) is 0.387. The number of hydrogen-bond acceptors (Lipinski definition) is 0. The Balaban J connectivity index is 1.97. The van der Waals surface area contributed by atoms with Crippen LogP contribution in [0.3, 0.4) is 0 Å². The highest BCUT2D eigenvalue weighted by Gasteiger charge is 1.98. The Bertz CT molecular complexity index is 750. The fourth-order valence-corrected chi connectivity index (χ4v) is 2.60. The van der Waals surface area contributed by atoms with Gasteiger partial charge in [-0.05, 0) is 51.7 Å². The lowest BCUT2D eigenvalue weighted by molar-refractivity contribution is 0.816. The van der Waals surface area contributed by atoms with Gasteiger partial charge < -0.3 is 0 Å². The van der Waals surface area contributed by atoms with Gasteiger partial charge in [0.05, 0.1) is 0 Å². The van der Waals surface area contributed by atoms with E-state index >= 15 is 0 Å². The molecule has 0 N–H and O–H groups in total. The van der Waals surface area contributed by atoms with Crippen LogP contribution in [0.5, 0.6) is 0 Å². The molecule has 0 aliphatic heterocycles. The highest BCUT2D eigenvalue weighted by atomic mass is 14.0. The number of fused-ring (bicyclic) bond motifs is 2. The smallest absolute Gasteiger partial charge is 0.0172 e. The first-order valence-corrected chi connectivity index (χ1v) is 7.46. The first-order chi connectivity index (χ1) is 9.86. The van der Waals surface area contributed by atoms with Crippen molar-refractivity contribution in [1.29, 1.82) is 0 Å². The van der Waals surface area contributed by atoms with E-state index in [4.69, 9.17) is 0 Å². The van der Waals surface area contributed by atoms with Crippen molar-refractivity contribution in [3.63, 3.8) is 0 Å². The summed E-state index contributed by atoms with van der Waals surface area (Å²) in [5, 5.41) is 5.26. The molecule has 0 saturated heterocycles. The second-order valence-electron chi connectivity index (χ2n) is 5.35. The molecule has 3 rings (SSSR count). The Morgan fingerprint density at radius 3 is 2.25 bits per heavy atom. The van der Waals surface area contributed by atoms with Gasteiger partial charge in [0.25, 0.3) is 0 Å². The van der Waals surface area contributed by atoms with Gasteiger partial charge in [-0.1, -0.05) is 68.3 Å². The maximum Gasteiger partial charge on any atom is -0.0172 e. The summed E-state index contributed by atoms with van der Waals surface area (Å²) in [7, 11) is 0. The summed E-state index contributed by atoms with van der Waals surface area (Å²) in [6.07, 6.45) is 8.23. The molecule has 0 heteroatoms. The standard InChI is InChI=1S/C20H20/c1-2-3-4-5-8-16-11-12-19-14-17-9-6-7-10-18(17)15-20(19)13-16/h5-15H,2-4H2,1H3. The molecule has 3 aromatic rings. The molecule has 0 saturated carbocycles. The maximum atomic E-state index is 2.29. The lowest BCUT2D eigenvalue weighted by atomic mass is 10.0. The third kappa shape index (κ3) is 2.75. The molecule has 100 valence electrons. The Kier molecular flexibility index (Phi) is 3.83. The van der Waals surface area contributed by atoms with Gasteiger partial charge in [0.1, 0.15) is 0 Å². The normalized spacial score (nSPS) is 11.7. The summed E-state index contributed by atoms with van der Waals surface area (Å²) in [4.78, 5) is 0. The zero-order valence-corrected chi connectivity index (χ0v) is 12.0. The van der Waals surface area contributed by atoms with E-state index in [1.54, 1.807) is 0 Å². The molecule has 0 fully saturated rings. The minimum absolute atomic E-state index is 1.17. The fourth-order valence-electron chi connectivity index (χ4n) is 2.60. The van der Waals surface area contributed by atoms with Gasteiger partial charge in [-0.25, -0.2) is 0 Å². The molecule has 3 aromatic carbocycles. The Labute approximate surface area is 120 Å². The summed E-state index contributed by atoms with van der Waals surface area (Å²) in [5.74, 6) is 0. The van der Waals surface area contributed by atoms with E-state index in [0.717, 1.165) is 0 Å². The zero-order valence-electron chi connectivity index (χ0n) is 12.0. The number of benzene rings is 3. The summed E-state index contributed by atoms with van der Waals surface area (Å²) < 4.78 is 0. The van der Waals surface area contributed by atoms with Crippen molar-refractivity contribution in [2.24, 2.45) is 0 Å². The van der Waals surface area contributed by atoms with Crippen LogP contribution in [0.15, 0.2) is 60.7 Å². The molecule has 0 radical (unpaired) electrons. The first-order valence-electron chi connectivity index (χ1n) is 7.46. The van der Waals surface area contributed by atoms with Crippen LogP contribution in [0.25, 0.3) is 27.6 Å². The summed E-state index contributed by atoms with van der Waals surface area (Å²) in [6.45, 7) is 2.23. The molecule has 20 heavy (non-hydrogen) atoms.